The lowest BCUT2D eigenvalue weighted by Gasteiger charge is -2.17. The van der Waals surface area contributed by atoms with Gasteiger partial charge in [0.15, 0.2) is 0 Å². The number of esters is 1. The van der Waals surface area contributed by atoms with Crippen molar-refractivity contribution in [2.45, 2.75) is 20.3 Å². The van der Waals surface area contributed by atoms with Crippen molar-refractivity contribution in [3.05, 3.63) is 24.3 Å². The standard InChI is InChI=1S/C16H20N2O4/c1-10(2)15(20)17-12-4-6-13(7-5-12)18-9-11(8-14(18)19)16(21)22-3/h4-7,10-11H,8-9H2,1-3H3,(H,17,20)/t11-/m0/s1. The van der Waals surface area contributed by atoms with Gasteiger partial charge in [-0.1, -0.05) is 13.8 Å². The highest BCUT2D eigenvalue weighted by Gasteiger charge is 2.35. The number of amides is 2. The summed E-state index contributed by atoms with van der Waals surface area (Å²) in [6.45, 7) is 3.96. The zero-order valence-corrected chi connectivity index (χ0v) is 13.0. The van der Waals surface area contributed by atoms with E-state index in [4.69, 9.17) is 0 Å². The summed E-state index contributed by atoms with van der Waals surface area (Å²) in [4.78, 5) is 36.7. The normalized spacial score (nSPS) is 17.7. The highest BCUT2D eigenvalue weighted by molar-refractivity contribution is 5.99. The minimum atomic E-state index is -0.419. The van der Waals surface area contributed by atoms with Crippen LogP contribution in [0.5, 0.6) is 0 Å². The fourth-order valence-electron chi connectivity index (χ4n) is 2.29. The van der Waals surface area contributed by atoms with Gasteiger partial charge in [-0.05, 0) is 24.3 Å². The molecule has 0 saturated carbocycles. The molecule has 1 aliphatic rings. The van der Waals surface area contributed by atoms with E-state index in [0.29, 0.717) is 17.9 Å². The van der Waals surface area contributed by atoms with Gasteiger partial charge in [-0.25, -0.2) is 0 Å². The molecule has 0 radical (unpaired) electrons. The van der Waals surface area contributed by atoms with Crippen LogP contribution in [-0.4, -0.2) is 31.4 Å². The molecular formula is C16H20N2O4. The maximum atomic E-state index is 12.0. The summed E-state index contributed by atoms with van der Waals surface area (Å²) in [5, 5.41) is 2.79. The van der Waals surface area contributed by atoms with Crippen LogP contribution in [0.2, 0.25) is 0 Å². The molecule has 0 unspecified atom stereocenters. The van der Waals surface area contributed by atoms with Crippen LogP contribution >= 0.6 is 0 Å². The van der Waals surface area contributed by atoms with Crippen molar-refractivity contribution in [1.29, 1.82) is 0 Å². The zero-order chi connectivity index (χ0) is 16.3. The lowest BCUT2D eigenvalue weighted by atomic mass is 10.1. The van der Waals surface area contributed by atoms with E-state index in [1.54, 1.807) is 29.2 Å². The van der Waals surface area contributed by atoms with Crippen LogP contribution in [0.4, 0.5) is 11.4 Å². The summed E-state index contributed by atoms with van der Waals surface area (Å²) in [6.07, 6.45) is 0.165. The van der Waals surface area contributed by atoms with Crippen LogP contribution in [0.15, 0.2) is 24.3 Å². The Labute approximate surface area is 129 Å². The molecule has 1 aliphatic heterocycles. The molecule has 1 aromatic carbocycles. The number of ether oxygens (including phenoxy) is 1. The second-order valence-corrected chi connectivity index (χ2v) is 5.62. The molecule has 1 aromatic rings. The van der Waals surface area contributed by atoms with Crippen molar-refractivity contribution in [3.8, 4) is 0 Å². The van der Waals surface area contributed by atoms with E-state index >= 15 is 0 Å². The first-order valence-corrected chi connectivity index (χ1v) is 7.21. The van der Waals surface area contributed by atoms with Crippen molar-refractivity contribution in [2.24, 2.45) is 11.8 Å². The Balaban J connectivity index is 2.06. The van der Waals surface area contributed by atoms with E-state index in [1.807, 2.05) is 13.8 Å². The van der Waals surface area contributed by atoms with E-state index in [9.17, 15) is 14.4 Å². The zero-order valence-electron chi connectivity index (χ0n) is 13.0. The van der Waals surface area contributed by atoms with Gasteiger partial charge in [-0.2, -0.15) is 0 Å². The molecule has 0 aliphatic carbocycles. The molecule has 2 rings (SSSR count). The molecule has 1 fully saturated rings. The first-order chi connectivity index (χ1) is 10.4. The Bertz CT molecular complexity index is 580. The number of nitrogens with zero attached hydrogens (tertiary/aromatic N) is 1. The molecule has 1 atom stereocenters. The Morgan fingerprint density at radius 3 is 2.45 bits per heavy atom. The first-order valence-electron chi connectivity index (χ1n) is 7.21. The second-order valence-electron chi connectivity index (χ2n) is 5.62. The smallest absolute Gasteiger partial charge is 0.311 e. The number of methoxy groups -OCH3 is 1. The molecule has 1 saturated heterocycles. The first kappa shape index (κ1) is 16.0. The van der Waals surface area contributed by atoms with Gasteiger partial charge in [0.25, 0.3) is 0 Å². The number of hydrogen-bond donors (Lipinski definition) is 1. The van der Waals surface area contributed by atoms with E-state index in [1.165, 1.54) is 7.11 Å². The van der Waals surface area contributed by atoms with E-state index < -0.39 is 5.92 Å². The van der Waals surface area contributed by atoms with Gasteiger partial charge in [-0.3, -0.25) is 14.4 Å². The summed E-state index contributed by atoms with van der Waals surface area (Å²) in [5.41, 5.74) is 1.39. The molecule has 0 aromatic heterocycles. The summed E-state index contributed by atoms with van der Waals surface area (Å²) in [5.74, 6) is -1.04. The summed E-state index contributed by atoms with van der Waals surface area (Å²) < 4.78 is 4.69. The van der Waals surface area contributed by atoms with E-state index in [2.05, 4.69) is 10.1 Å². The van der Waals surface area contributed by atoms with Gasteiger partial charge in [0.05, 0.1) is 13.0 Å². The van der Waals surface area contributed by atoms with Crippen molar-refractivity contribution in [3.63, 3.8) is 0 Å². The SMILES string of the molecule is COC(=O)[C@H]1CC(=O)N(c2ccc(NC(=O)C(C)C)cc2)C1. The average molecular weight is 304 g/mol. The number of carbonyl (C=O) groups is 3. The molecule has 118 valence electrons. The Kier molecular flexibility index (Phi) is 4.80. The highest BCUT2D eigenvalue weighted by atomic mass is 16.5. The maximum absolute atomic E-state index is 12.0. The van der Waals surface area contributed by atoms with Crippen molar-refractivity contribution in [2.75, 3.05) is 23.9 Å². The monoisotopic (exact) mass is 304 g/mol. The predicted molar refractivity (Wildman–Crippen MR) is 82.4 cm³/mol. The summed E-state index contributed by atoms with van der Waals surface area (Å²) >= 11 is 0. The third-order valence-electron chi connectivity index (χ3n) is 3.63. The van der Waals surface area contributed by atoms with E-state index in [0.717, 1.165) is 0 Å². The minimum Gasteiger partial charge on any atom is -0.469 e. The molecule has 6 nitrogen and oxygen atoms in total. The number of nitrogens with one attached hydrogen (secondary N) is 1. The quantitative estimate of drug-likeness (QED) is 0.861. The van der Waals surface area contributed by atoms with Crippen LogP contribution < -0.4 is 10.2 Å². The van der Waals surface area contributed by atoms with E-state index in [-0.39, 0.29) is 30.1 Å². The molecule has 2 amide bonds. The molecule has 1 heterocycles. The third kappa shape index (κ3) is 3.44. The number of rotatable bonds is 4. The van der Waals surface area contributed by atoms with Crippen LogP contribution in [0.25, 0.3) is 0 Å². The van der Waals surface area contributed by atoms with Gasteiger partial charge in [0, 0.05) is 30.3 Å². The number of hydrogen-bond acceptors (Lipinski definition) is 4. The van der Waals surface area contributed by atoms with Gasteiger partial charge < -0.3 is 15.0 Å². The van der Waals surface area contributed by atoms with Crippen molar-refractivity contribution >= 4 is 29.2 Å². The molecule has 1 N–H and O–H groups in total. The molecular weight excluding hydrogens is 284 g/mol. The minimum absolute atomic E-state index is 0.0595. The largest absolute Gasteiger partial charge is 0.469 e. The van der Waals surface area contributed by atoms with Gasteiger partial charge in [0.1, 0.15) is 0 Å². The topological polar surface area (TPSA) is 75.7 Å². The Hall–Kier alpha value is -2.37. The van der Waals surface area contributed by atoms with Crippen LogP contribution in [0, 0.1) is 11.8 Å². The lowest BCUT2D eigenvalue weighted by molar-refractivity contribution is -0.145. The fraction of sp³-hybridized carbons (Fsp3) is 0.438. The predicted octanol–water partition coefficient (Wildman–Crippen LogP) is 1.81. The van der Waals surface area contributed by atoms with Gasteiger partial charge >= 0.3 is 5.97 Å². The summed E-state index contributed by atoms with van der Waals surface area (Å²) in [7, 11) is 1.32. The average Bonchev–Trinajstić information content (AvgIpc) is 2.89. The number of carbonyl (C=O) groups excluding carboxylic acids is 3. The number of benzene rings is 1. The fourth-order valence-corrected chi connectivity index (χ4v) is 2.29. The lowest BCUT2D eigenvalue weighted by Crippen LogP contribution is -2.26. The molecule has 0 bridgehead atoms. The molecule has 0 spiro atoms. The van der Waals surface area contributed by atoms with Crippen molar-refractivity contribution in [1.82, 2.24) is 0 Å². The van der Waals surface area contributed by atoms with Gasteiger partial charge in [0.2, 0.25) is 11.8 Å². The van der Waals surface area contributed by atoms with Crippen LogP contribution in [0.1, 0.15) is 20.3 Å². The van der Waals surface area contributed by atoms with Crippen LogP contribution in [-0.2, 0) is 19.1 Å². The molecule has 22 heavy (non-hydrogen) atoms. The van der Waals surface area contributed by atoms with Gasteiger partial charge in [-0.15, -0.1) is 0 Å². The number of anilines is 2. The van der Waals surface area contributed by atoms with Crippen molar-refractivity contribution < 1.29 is 19.1 Å². The Morgan fingerprint density at radius 1 is 1.27 bits per heavy atom. The van der Waals surface area contributed by atoms with Crippen LogP contribution in [0.3, 0.4) is 0 Å². The second kappa shape index (κ2) is 6.60. The maximum Gasteiger partial charge on any atom is 0.311 e. The molecule has 6 heteroatoms. The highest BCUT2D eigenvalue weighted by Crippen LogP contribution is 2.27. The third-order valence-corrected chi connectivity index (χ3v) is 3.63. The Morgan fingerprint density at radius 2 is 1.91 bits per heavy atom. The summed E-state index contributed by atoms with van der Waals surface area (Å²) in [6, 6.07) is 7.00.